The molecule has 1 unspecified atom stereocenters. The minimum absolute atomic E-state index is 0.479. The summed E-state index contributed by atoms with van der Waals surface area (Å²) in [4.78, 5) is 12.2. The smallest absolute Gasteiger partial charge is 0.311 e. The lowest BCUT2D eigenvalue weighted by Crippen LogP contribution is -2.14. The Balaban J connectivity index is 1.71. The van der Waals surface area contributed by atoms with Crippen LogP contribution >= 0.6 is 0 Å². The van der Waals surface area contributed by atoms with Crippen molar-refractivity contribution in [1.82, 2.24) is 4.57 Å². The maximum Gasteiger partial charge on any atom is 0.311 e. The van der Waals surface area contributed by atoms with Gasteiger partial charge in [-0.05, 0) is 40.7 Å². The van der Waals surface area contributed by atoms with Gasteiger partial charge in [0.05, 0.1) is 5.92 Å². The summed E-state index contributed by atoms with van der Waals surface area (Å²) in [5.74, 6) is -0.864. The fraction of sp³-hybridized carbons (Fsp3) is 0.222. The number of nitrogens with zero attached hydrogens (tertiary/aromatic N) is 1. The van der Waals surface area contributed by atoms with Gasteiger partial charge in [0.25, 0.3) is 0 Å². The summed E-state index contributed by atoms with van der Waals surface area (Å²) >= 11 is 0. The van der Waals surface area contributed by atoms with E-state index in [9.17, 15) is 9.90 Å². The maximum absolute atomic E-state index is 12.2. The van der Waals surface area contributed by atoms with Crippen molar-refractivity contribution in [2.45, 2.75) is 38.6 Å². The zero-order chi connectivity index (χ0) is 21.1. The molecule has 0 aliphatic heterocycles. The summed E-state index contributed by atoms with van der Waals surface area (Å²) in [7, 11) is 0. The van der Waals surface area contributed by atoms with Crippen molar-refractivity contribution in [1.29, 1.82) is 0 Å². The molecule has 0 bridgehead atoms. The number of benzene rings is 3. The van der Waals surface area contributed by atoms with Gasteiger partial charge >= 0.3 is 5.97 Å². The number of fused-ring (bicyclic) bond motifs is 1. The highest BCUT2D eigenvalue weighted by atomic mass is 16.4. The molecule has 1 N–H and O–H groups in total. The first-order chi connectivity index (χ1) is 14.5. The van der Waals surface area contributed by atoms with Gasteiger partial charge in [-0.2, -0.15) is 0 Å². The minimum atomic E-state index is -0.789. The molecule has 0 amide bonds. The van der Waals surface area contributed by atoms with Gasteiger partial charge in [0.1, 0.15) is 0 Å². The van der Waals surface area contributed by atoms with Crippen molar-refractivity contribution in [3.8, 4) is 0 Å². The Bertz CT molecular complexity index is 1140. The van der Waals surface area contributed by atoms with E-state index in [1.807, 2.05) is 54.7 Å². The Labute approximate surface area is 177 Å². The predicted octanol–water partition coefficient (Wildman–Crippen LogP) is 6.22. The van der Waals surface area contributed by atoms with Gasteiger partial charge in [0, 0.05) is 23.6 Å². The number of aromatic nitrogens is 1. The largest absolute Gasteiger partial charge is 0.481 e. The van der Waals surface area contributed by atoms with E-state index in [1.165, 1.54) is 11.1 Å². The second-order valence-electron chi connectivity index (χ2n) is 8.21. The van der Waals surface area contributed by atoms with Crippen LogP contribution in [0.5, 0.6) is 0 Å². The number of aliphatic carboxylic acids is 1. The number of carboxylic acids is 1. The van der Waals surface area contributed by atoms with E-state index in [1.54, 1.807) is 0 Å². The van der Waals surface area contributed by atoms with E-state index < -0.39 is 11.9 Å². The molecular formula is C27H27NO2. The highest BCUT2D eigenvalue weighted by Crippen LogP contribution is 2.31. The van der Waals surface area contributed by atoms with Crippen LogP contribution in [0.4, 0.5) is 0 Å². The van der Waals surface area contributed by atoms with Crippen molar-refractivity contribution in [3.05, 3.63) is 107 Å². The van der Waals surface area contributed by atoms with E-state index in [0.29, 0.717) is 12.3 Å². The van der Waals surface area contributed by atoms with E-state index in [2.05, 4.69) is 48.7 Å². The summed E-state index contributed by atoms with van der Waals surface area (Å²) in [5.41, 5.74) is 5.51. The molecule has 0 aliphatic rings. The number of rotatable bonds is 7. The number of carboxylic acid groups (broad SMARTS) is 1. The van der Waals surface area contributed by atoms with Crippen molar-refractivity contribution in [2.75, 3.05) is 0 Å². The summed E-state index contributed by atoms with van der Waals surface area (Å²) in [6.07, 6.45) is 2.51. The summed E-state index contributed by atoms with van der Waals surface area (Å²) in [6.45, 7) is 5.11. The third-order valence-electron chi connectivity index (χ3n) is 5.77. The molecule has 0 saturated heterocycles. The highest BCUT2D eigenvalue weighted by molar-refractivity contribution is 5.90. The van der Waals surface area contributed by atoms with Crippen molar-refractivity contribution in [3.63, 3.8) is 0 Å². The summed E-state index contributed by atoms with van der Waals surface area (Å²) < 4.78 is 2.18. The molecule has 0 fully saturated rings. The molecule has 3 aromatic carbocycles. The molecule has 1 aromatic heterocycles. The average molecular weight is 398 g/mol. The molecule has 0 spiro atoms. The monoisotopic (exact) mass is 397 g/mol. The predicted molar refractivity (Wildman–Crippen MR) is 122 cm³/mol. The van der Waals surface area contributed by atoms with Gasteiger partial charge in [-0.15, -0.1) is 0 Å². The topological polar surface area (TPSA) is 42.2 Å². The SMILES string of the molecule is CC(C)c1ccc(Cn2cc(C(Cc3ccccc3)C(=O)O)c3ccccc32)cc1. The summed E-state index contributed by atoms with van der Waals surface area (Å²) in [6, 6.07) is 26.7. The lowest BCUT2D eigenvalue weighted by molar-refractivity contribution is -0.138. The standard InChI is InChI=1S/C27H27NO2/c1-19(2)22-14-12-21(13-15-22)17-28-18-25(23-10-6-7-11-26(23)28)24(27(29)30)16-20-8-4-3-5-9-20/h3-15,18-19,24H,16-17H2,1-2H3,(H,29,30). The molecule has 30 heavy (non-hydrogen) atoms. The van der Waals surface area contributed by atoms with Gasteiger partial charge < -0.3 is 9.67 Å². The van der Waals surface area contributed by atoms with Crippen molar-refractivity contribution < 1.29 is 9.90 Å². The van der Waals surface area contributed by atoms with E-state index in [-0.39, 0.29) is 0 Å². The molecule has 4 rings (SSSR count). The number of hydrogen-bond acceptors (Lipinski definition) is 1. The molecule has 3 heteroatoms. The zero-order valence-electron chi connectivity index (χ0n) is 17.5. The highest BCUT2D eigenvalue weighted by Gasteiger charge is 2.24. The fourth-order valence-corrected chi connectivity index (χ4v) is 4.07. The molecule has 0 radical (unpaired) electrons. The van der Waals surface area contributed by atoms with Crippen LogP contribution in [0.1, 0.15) is 47.9 Å². The summed E-state index contributed by atoms with van der Waals surface area (Å²) in [5, 5.41) is 11.0. The number of hydrogen-bond donors (Lipinski definition) is 1. The van der Waals surface area contributed by atoms with Crippen LogP contribution in [0.15, 0.2) is 85.1 Å². The second kappa shape index (κ2) is 8.58. The third kappa shape index (κ3) is 4.16. The van der Waals surface area contributed by atoms with Gasteiger partial charge in [0.2, 0.25) is 0 Å². The normalized spacial score (nSPS) is 12.4. The van der Waals surface area contributed by atoms with E-state index in [4.69, 9.17) is 0 Å². The molecule has 152 valence electrons. The molecule has 4 aromatic rings. The van der Waals surface area contributed by atoms with Crippen LogP contribution in [0.2, 0.25) is 0 Å². The Morgan fingerprint density at radius 3 is 2.20 bits per heavy atom. The molecule has 0 aliphatic carbocycles. The lowest BCUT2D eigenvalue weighted by Gasteiger charge is -2.12. The first-order valence-electron chi connectivity index (χ1n) is 10.5. The third-order valence-corrected chi connectivity index (χ3v) is 5.77. The number of carbonyl (C=O) groups is 1. The Hall–Kier alpha value is -3.33. The quantitative estimate of drug-likeness (QED) is 0.402. The first-order valence-corrected chi connectivity index (χ1v) is 10.5. The van der Waals surface area contributed by atoms with Crippen LogP contribution in [0.25, 0.3) is 10.9 Å². The maximum atomic E-state index is 12.2. The molecule has 3 nitrogen and oxygen atoms in total. The zero-order valence-corrected chi connectivity index (χ0v) is 17.5. The molecule has 1 heterocycles. The van der Waals surface area contributed by atoms with Crippen LogP contribution in [0.3, 0.4) is 0 Å². The van der Waals surface area contributed by atoms with Gasteiger partial charge in [-0.25, -0.2) is 0 Å². The van der Waals surface area contributed by atoms with Crippen molar-refractivity contribution in [2.24, 2.45) is 0 Å². The van der Waals surface area contributed by atoms with Crippen LogP contribution in [-0.4, -0.2) is 15.6 Å². The second-order valence-corrected chi connectivity index (χ2v) is 8.21. The van der Waals surface area contributed by atoms with E-state index in [0.717, 1.165) is 28.6 Å². The van der Waals surface area contributed by atoms with Crippen LogP contribution in [0, 0.1) is 0 Å². The average Bonchev–Trinajstić information content (AvgIpc) is 3.11. The van der Waals surface area contributed by atoms with Gasteiger partial charge in [-0.1, -0.05) is 86.6 Å². The van der Waals surface area contributed by atoms with E-state index >= 15 is 0 Å². The Morgan fingerprint density at radius 1 is 0.867 bits per heavy atom. The van der Waals surface area contributed by atoms with Gasteiger partial charge in [0.15, 0.2) is 0 Å². The Kier molecular flexibility index (Phi) is 5.71. The molecule has 1 atom stereocenters. The molecule has 0 saturated carbocycles. The lowest BCUT2D eigenvalue weighted by atomic mass is 9.92. The Morgan fingerprint density at radius 2 is 1.53 bits per heavy atom. The van der Waals surface area contributed by atoms with Gasteiger partial charge in [-0.3, -0.25) is 4.79 Å². The minimum Gasteiger partial charge on any atom is -0.481 e. The fourth-order valence-electron chi connectivity index (χ4n) is 4.07. The first kappa shape index (κ1) is 20.0. The molecular weight excluding hydrogens is 370 g/mol. The van der Waals surface area contributed by atoms with Crippen molar-refractivity contribution >= 4 is 16.9 Å². The van der Waals surface area contributed by atoms with Crippen LogP contribution in [-0.2, 0) is 17.8 Å². The number of para-hydroxylation sites is 1. The van der Waals surface area contributed by atoms with Crippen LogP contribution < -0.4 is 0 Å².